The first-order valence-corrected chi connectivity index (χ1v) is 15.9. The van der Waals surface area contributed by atoms with Crippen LogP contribution < -0.4 is 21.9 Å². The molecule has 2 fully saturated rings. The van der Waals surface area contributed by atoms with Gasteiger partial charge < -0.3 is 66.7 Å². The minimum atomic E-state index is -4.04. The molecular weight excluding hydrogens is 626 g/mol. The molecule has 2 saturated heterocycles. The predicted molar refractivity (Wildman–Crippen MR) is 149 cm³/mol. The van der Waals surface area contributed by atoms with E-state index in [0.717, 1.165) is 0 Å². The smallest absolute Gasteiger partial charge is 0.318 e. The van der Waals surface area contributed by atoms with Gasteiger partial charge in [-0.2, -0.15) is 20.2 Å². The van der Waals surface area contributed by atoms with Gasteiger partial charge in [0.1, 0.15) is 54.7 Å². The molecule has 0 aromatic carbocycles. The van der Waals surface area contributed by atoms with Gasteiger partial charge in [-0.3, -0.25) is 0 Å². The van der Waals surface area contributed by atoms with Crippen molar-refractivity contribution >= 4 is 50.2 Å². The Balaban J connectivity index is 1.56. The van der Waals surface area contributed by atoms with Gasteiger partial charge >= 0.3 is 10.2 Å². The number of ether oxygens (including phenoxy) is 3. The Labute approximate surface area is 248 Å². The number of aliphatic hydroxyl groups is 7. The van der Waals surface area contributed by atoms with E-state index in [1.54, 1.807) is 5.38 Å². The van der Waals surface area contributed by atoms with Crippen molar-refractivity contribution in [3.05, 3.63) is 11.1 Å². The van der Waals surface area contributed by atoms with E-state index in [4.69, 9.17) is 30.8 Å². The lowest BCUT2D eigenvalue weighted by molar-refractivity contribution is -0.341. The molecule has 0 radical (unpaired) electrons. The molecule has 0 bridgehead atoms. The highest BCUT2D eigenvalue weighted by Gasteiger charge is 2.50. The molecule has 10 atom stereocenters. The number of thiazole rings is 1. The summed E-state index contributed by atoms with van der Waals surface area (Å²) in [5.41, 5.74) is 12.1. The van der Waals surface area contributed by atoms with Gasteiger partial charge in [-0.25, -0.2) is 15.1 Å². The Kier molecular flexibility index (Phi) is 12.6. The first-order chi connectivity index (χ1) is 19.7. The van der Waals surface area contributed by atoms with Crippen molar-refractivity contribution in [2.45, 2.75) is 73.5 Å². The monoisotopic (exact) mass is 661 g/mol. The number of nitrogens with zero attached hydrogens (tertiary/aromatic N) is 3. The maximum atomic E-state index is 10.9. The van der Waals surface area contributed by atoms with Gasteiger partial charge in [0.15, 0.2) is 23.6 Å². The number of anilines is 1. The van der Waals surface area contributed by atoms with Crippen LogP contribution in [0.4, 0.5) is 5.13 Å². The van der Waals surface area contributed by atoms with E-state index in [1.807, 2.05) is 0 Å². The van der Waals surface area contributed by atoms with E-state index in [0.29, 0.717) is 22.3 Å². The van der Waals surface area contributed by atoms with Crippen LogP contribution in [0.2, 0.25) is 0 Å². The number of hydrogen-bond donors (Lipinski definition) is 11. The van der Waals surface area contributed by atoms with Crippen LogP contribution in [0.3, 0.4) is 0 Å². The summed E-state index contributed by atoms with van der Waals surface area (Å²) < 4.78 is 41.3. The number of hydrogen-bond acceptors (Lipinski definition) is 16. The molecular formula is C20H35N7O12S3. The second-order valence-corrected chi connectivity index (χ2v) is 12.4. The molecule has 1 aromatic rings. The molecule has 0 amide bonds. The van der Waals surface area contributed by atoms with E-state index in [9.17, 15) is 44.2 Å². The summed E-state index contributed by atoms with van der Waals surface area (Å²) in [5.74, 6) is 0.572. The molecule has 0 aliphatic carbocycles. The topological polar surface area (TPSA) is 331 Å². The van der Waals surface area contributed by atoms with Crippen LogP contribution in [0.1, 0.15) is 12.1 Å². The van der Waals surface area contributed by atoms with Crippen molar-refractivity contribution in [3.8, 4) is 0 Å². The lowest BCUT2D eigenvalue weighted by Crippen LogP contribution is -2.64. The second kappa shape index (κ2) is 15.3. The highest BCUT2D eigenvalue weighted by atomic mass is 32.2. The van der Waals surface area contributed by atoms with Gasteiger partial charge in [0, 0.05) is 23.3 Å². The molecule has 0 saturated carbocycles. The minimum Gasteiger partial charge on any atom is -0.394 e. The van der Waals surface area contributed by atoms with Gasteiger partial charge in [0.05, 0.1) is 18.9 Å². The fourth-order valence-corrected chi connectivity index (χ4v) is 6.04. The summed E-state index contributed by atoms with van der Waals surface area (Å²) in [6.45, 7) is -1.44. The number of thioether (sulfide) groups is 1. The van der Waals surface area contributed by atoms with Crippen molar-refractivity contribution < 1.29 is 58.4 Å². The summed E-state index contributed by atoms with van der Waals surface area (Å²) >= 11 is 2.61. The van der Waals surface area contributed by atoms with Gasteiger partial charge in [-0.15, -0.1) is 15.7 Å². The average Bonchev–Trinajstić information content (AvgIpc) is 3.36. The Morgan fingerprint density at radius 2 is 1.74 bits per heavy atom. The third-order valence-corrected chi connectivity index (χ3v) is 8.32. The van der Waals surface area contributed by atoms with Crippen LogP contribution in [-0.2, 0) is 30.2 Å². The second-order valence-electron chi connectivity index (χ2n) is 9.21. The number of aromatic nitrogens is 1. The zero-order chi connectivity index (χ0) is 31.2. The largest absolute Gasteiger partial charge is 0.394 e. The summed E-state index contributed by atoms with van der Waals surface area (Å²) in [4.78, 5) is 8.35. The van der Waals surface area contributed by atoms with Crippen molar-refractivity contribution in [2.24, 2.45) is 26.0 Å². The quantitative estimate of drug-likeness (QED) is 0.0566. The van der Waals surface area contributed by atoms with E-state index >= 15 is 0 Å². The van der Waals surface area contributed by atoms with Crippen LogP contribution >= 0.6 is 23.1 Å². The van der Waals surface area contributed by atoms with Crippen molar-refractivity contribution in [3.63, 3.8) is 0 Å². The molecule has 2 aliphatic heterocycles. The number of guanidine groups is 1. The molecule has 1 aromatic heterocycles. The van der Waals surface area contributed by atoms with Crippen LogP contribution in [0.5, 0.6) is 0 Å². The summed E-state index contributed by atoms with van der Waals surface area (Å²) in [7, 11) is -4.04. The van der Waals surface area contributed by atoms with Crippen LogP contribution in [0, 0.1) is 0 Å². The molecule has 3 heterocycles. The first kappa shape index (κ1) is 34.7. The van der Waals surface area contributed by atoms with Crippen molar-refractivity contribution in [1.29, 1.82) is 0 Å². The summed E-state index contributed by atoms with van der Waals surface area (Å²) in [6, 6.07) is 0. The molecule has 1 unspecified atom stereocenters. The SMILES string of the molecule is NC(CCSCc1csc(NC(N)=NC2O[C@H](CO)[C@@H](O[C@@H]3O[C@H](CO)[C@H](O)[C@H](O)[C@H]3O)[C@H](O)[C@@H]2O)n1)=NS(N)(=O)=O. The molecule has 22 heteroatoms. The van der Waals surface area contributed by atoms with Crippen LogP contribution in [0.15, 0.2) is 14.8 Å². The van der Waals surface area contributed by atoms with E-state index in [2.05, 4.69) is 19.7 Å². The number of amidine groups is 1. The molecule has 3 rings (SSSR count). The number of nitrogens with one attached hydrogen (secondary N) is 1. The number of nitrogens with two attached hydrogens (primary N) is 3. The number of aliphatic imine (C=N–C) groups is 1. The lowest BCUT2D eigenvalue weighted by atomic mass is 9.96. The maximum absolute atomic E-state index is 10.9. The van der Waals surface area contributed by atoms with Gasteiger partial charge in [-0.05, 0) is 0 Å². The number of rotatable bonds is 12. The van der Waals surface area contributed by atoms with Crippen molar-refractivity contribution in [2.75, 3.05) is 24.3 Å². The maximum Gasteiger partial charge on any atom is 0.318 e. The Hall–Kier alpha value is -1.77. The molecule has 14 N–H and O–H groups in total. The van der Waals surface area contributed by atoms with E-state index < -0.39 is 84.8 Å². The fourth-order valence-electron chi connectivity index (χ4n) is 3.95. The van der Waals surface area contributed by atoms with E-state index in [-0.39, 0.29) is 18.2 Å². The van der Waals surface area contributed by atoms with Crippen LogP contribution in [0.25, 0.3) is 0 Å². The molecule has 42 heavy (non-hydrogen) atoms. The Bertz CT molecular complexity index is 1190. The third-order valence-electron chi connectivity index (χ3n) is 6.03. The normalized spacial score (nSPS) is 34.9. The third kappa shape index (κ3) is 9.36. The zero-order valence-electron chi connectivity index (χ0n) is 21.9. The molecule has 0 spiro atoms. The summed E-state index contributed by atoms with van der Waals surface area (Å²) in [5, 5.41) is 80.2. The highest BCUT2D eigenvalue weighted by molar-refractivity contribution is 7.98. The number of aliphatic hydroxyl groups excluding tert-OH is 7. The van der Waals surface area contributed by atoms with Crippen LogP contribution in [-0.4, -0.2) is 141 Å². The molecule has 240 valence electrons. The standard InChI is InChI=1S/C20H35N7O12S3/c21-10(27-42(23,35)36)1-2-40-5-7-6-41-20(24-7)26-19(22)25-17-14(33)13(32)16(9(4-29)37-17)39-18-15(34)12(31)11(30)8(3-28)38-18/h6,8-9,11-18,28-34H,1-5H2,(H2,21,27)(H2,23,35,36)(H3,22,24,25,26)/t8-,9-,11+,12+,13-,14+,15-,16-,17?,18+/m1/s1. The van der Waals surface area contributed by atoms with Gasteiger partial charge in [-0.1, -0.05) is 0 Å². The fraction of sp³-hybridized carbons (Fsp3) is 0.750. The Morgan fingerprint density at radius 1 is 1.05 bits per heavy atom. The minimum absolute atomic E-state index is 0.109. The lowest BCUT2D eigenvalue weighted by Gasteiger charge is -2.45. The van der Waals surface area contributed by atoms with Gasteiger partial charge in [0.2, 0.25) is 0 Å². The van der Waals surface area contributed by atoms with Crippen molar-refractivity contribution in [1.82, 2.24) is 4.98 Å². The highest BCUT2D eigenvalue weighted by Crippen LogP contribution is 2.29. The first-order valence-electron chi connectivity index (χ1n) is 12.3. The zero-order valence-corrected chi connectivity index (χ0v) is 24.3. The van der Waals surface area contributed by atoms with E-state index in [1.165, 1.54) is 23.1 Å². The molecule has 2 aliphatic rings. The van der Waals surface area contributed by atoms with Gasteiger partial charge in [0.25, 0.3) is 0 Å². The summed E-state index contributed by atoms with van der Waals surface area (Å²) in [6.07, 6.45) is -15.6. The average molecular weight is 662 g/mol. The Morgan fingerprint density at radius 3 is 2.38 bits per heavy atom. The predicted octanol–water partition coefficient (Wildman–Crippen LogP) is -5.32. The molecule has 19 nitrogen and oxygen atoms in total.